The van der Waals surface area contributed by atoms with E-state index in [1.54, 1.807) is 0 Å². The lowest BCUT2D eigenvalue weighted by atomic mass is 10.1. The second-order valence-corrected chi connectivity index (χ2v) is 8.92. The molecule has 1 aromatic rings. The fourth-order valence-electron chi connectivity index (χ4n) is 2.91. The van der Waals surface area contributed by atoms with Gasteiger partial charge in [-0.25, -0.2) is 0 Å². The van der Waals surface area contributed by atoms with Gasteiger partial charge < -0.3 is 24.3 Å². The zero-order valence-corrected chi connectivity index (χ0v) is 18.8. The molecule has 2 atom stereocenters. The van der Waals surface area contributed by atoms with E-state index in [-0.39, 0.29) is 24.6 Å². The standard InChI is InChI=1S/C20H36N2O3Si.ClH/c1-5-20(19-12-9-8-10-13-19)22-16-11-17-26(23-6-2,24-7-3)25-18(4)14-15-21;/h5,8-10,12-13,18,20,22H,1,6-7,11,14-17,21H2,2-4H3;1H. The summed E-state index contributed by atoms with van der Waals surface area (Å²) in [5.41, 5.74) is 6.87. The molecule has 156 valence electrons. The minimum atomic E-state index is -2.68. The molecule has 0 radical (unpaired) electrons. The van der Waals surface area contributed by atoms with Crippen LogP contribution in [-0.2, 0) is 13.3 Å². The number of hydrogen-bond donors (Lipinski definition) is 2. The Bertz CT molecular complexity index is 487. The summed E-state index contributed by atoms with van der Waals surface area (Å²) in [5.74, 6) is 0. The van der Waals surface area contributed by atoms with Crippen LogP contribution in [0.25, 0.3) is 0 Å². The topological polar surface area (TPSA) is 65.7 Å². The molecule has 0 saturated carbocycles. The summed E-state index contributed by atoms with van der Waals surface area (Å²) in [6, 6.07) is 11.3. The van der Waals surface area contributed by atoms with Crippen LogP contribution in [-0.4, -0.2) is 41.2 Å². The number of nitrogens with one attached hydrogen (secondary N) is 1. The molecule has 5 nitrogen and oxygen atoms in total. The van der Waals surface area contributed by atoms with Crippen molar-refractivity contribution in [3.8, 4) is 0 Å². The molecular formula is C20H37ClN2O3Si. The van der Waals surface area contributed by atoms with Crippen molar-refractivity contribution in [1.82, 2.24) is 5.32 Å². The maximum atomic E-state index is 6.24. The molecule has 0 spiro atoms. The average molecular weight is 417 g/mol. The first-order chi connectivity index (χ1) is 12.6. The highest BCUT2D eigenvalue weighted by atomic mass is 35.5. The second-order valence-electron chi connectivity index (χ2n) is 6.24. The highest BCUT2D eigenvalue weighted by Crippen LogP contribution is 2.21. The Morgan fingerprint density at radius 1 is 1.19 bits per heavy atom. The molecule has 0 aliphatic carbocycles. The first-order valence-corrected chi connectivity index (χ1v) is 11.6. The Kier molecular flexibility index (Phi) is 14.8. The zero-order chi connectivity index (χ0) is 19.3. The zero-order valence-electron chi connectivity index (χ0n) is 17.0. The van der Waals surface area contributed by atoms with E-state index >= 15 is 0 Å². The smallest absolute Gasteiger partial charge is 0.374 e. The van der Waals surface area contributed by atoms with Crippen molar-refractivity contribution in [1.29, 1.82) is 0 Å². The summed E-state index contributed by atoms with van der Waals surface area (Å²) in [6.45, 7) is 12.6. The third-order valence-electron chi connectivity index (χ3n) is 4.10. The Labute approximate surface area is 172 Å². The number of nitrogens with two attached hydrogens (primary N) is 1. The minimum Gasteiger partial charge on any atom is -0.374 e. The Morgan fingerprint density at radius 3 is 2.33 bits per heavy atom. The van der Waals surface area contributed by atoms with Gasteiger partial charge in [-0.15, -0.1) is 19.0 Å². The van der Waals surface area contributed by atoms with Crippen molar-refractivity contribution in [2.75, 3.05) is 26.3 Å². The van der Waals surface area contributed by atoms with E-state index in [0.29, 0.717) is 19.8 Å². The molecule has 0 fully saturated rings. The number of benzene rings is 1. The summed E-state index contributed by atoms with van der Waals surface area (Å²) in [4.78, 5) is 0. The summed E-state index contributed by atoms with van der Waals surface area (Å²) in [7, 11) is -2.68. The van der Waals surface area contributed by atoms with Gasteiger partial charge >= 0.3 is 8.80 Å². The molecule has 3 N–H and O–H groups in total. The molecule has 0 saturated heterocycles. The van der Waals surface area contributed by atoms with Gasteiger partial charge in [0.2, 0.25) is 0 Å². The van der Waals surface area contributed by atoms with Gasteiger partial charge in [-0.1, -0.05) is 36.4 Å². The largest absolute Gasteiger partial charge is 0.501 e. The van der Waals surface area contributed by atoms with Gasteiger partial charge in [0.15, 0.2) is 0 Å². The van der Waals surface area contributed by atoms with Gasteiger partial charge in [0.25, 0.3) is 0 Å². The first-order valence-electron chi connectivity index (χ1n) is 9.67. The van der Waals surface area contributed by atoms with Crippen molar-refractivity contribution < 1.29 is 13.3 Å². The molecule has 0 heterocycles. The lowest BCUT2D eigenvalue weighted by molar-refractivity contribution is 0.0360. The molecular weight excluding hydrogens is 380 g/mol. The third kappa shape index (κ3) is 9.85. The van der Waals surface area contributed by atoms with E-state index in [1.165, 1.54) is 5.56 Å². The van der Waals surface area contributed by atoms with E-state index < -0.39 is 8.80 Å². The van der Waals surface area contributed by atoms with Crippen LogP contribution >= 0.6 is 12.4 Å². The fourth-order valence-corrected chi connectivity index (χ4v) is 5.76. The van der Waals surface area contributed by atoms with Crippen LogP contribution in [0.15, 0.2) is 43.0 Å². The third-order valence-corrected chi connectivity index (χ3v) is 7.29. The van der Waals surface area contributed by atoms with Crippen molar-refractivity contribution in [2.24, 2.45) is 5.73 Å². The predicted molar refractivity (Wildman–Crippen MR) is 117 cm³/mol. The van der Waals surface area contributed by atoms with Crippen LogP contribution in [0.1, 0.15) is 45.2 Å². The Morgan fingerprint density at radius 2 is 1.81 bits per heavy atom. The van der Waals surface area contributed by atoms with Gasteiger partial charge in [0.05, 0.1) is 6.04 Å². The van der Waals surface area contributed by atoms with E-state index in [4.69, 9.17) is 19.0 Å². The lowest BCUT2D eigenvalue weighted by Crippen LogP contribution is -2.48. The molecule has 2 unspecified atom stereocenters. The summed E-state index contributed by atoms with van der Waals surface area (Å²) < 4.78 is 18.3. The van der Waals surface area contributed by atoms with Crippen molar-refractivity contribution in [2.45, 2.75) is 51.8 Å². The fraction of sp³-hybridized carbons (Fsp3) is 0.600. The molecule has 0 aliphatic rings. The van der Waals surface area contributed by atoms with Crippen LogP contribution < -0.4 is 11.1 Å². The number of hydrogen-bond acceptors (Lipinski definition) is 5. The van der Waals surface area contributed by atoms with Crippen LogP contribution in [0.2, 0.25) is 6.04 Å². The lowest BCUT2D eigenvalue weighted by Gasteiger charge is -2.32. The van der Waals surface area contributed by atoms with Gasteiger partial charge in [-0.3, -0.25) is 0 Å². The highest BCUT2D eigenvalue weighted by molar-refractivity contribution is 6.60. The maximum absolute atomic E-state index is 6.24. The van der Waals surface area contributed by atoms with Crippen LogP contribution in [0.5, 0.6) is 0 Å². The first kappa shape index (κ1) is 26.3. The minimum absolute atomic E-state index is 0. The van der Waals surface area contributed by atoms with Crippen LogP contribution in [0.4, 0.5) is 0 Å². The van der Waals surface area contributed by atoms with Gasteiger partial charge in [-0.05, 0) is 52.3 Å². The molecule has 7 heteroatoms. The van der Waals surface area contributed by atoms with Gasteiger partial charge in [0.1, 0.15) is 0 Å². The molecule has 0 aliphatic heterocycles. The summed E-state index contributed by atoms with van der Waals surface area (Å²) in [6.07, 6.45) is 3.70. The van der Waals surface area contributed by atoms with E-state index in [0.717, 1.165) is 25.4 Å². The second kappa shape index (κ2) is 15.2. The normalized spacial score (nSPS) is 13.6. The number of rotatable bonds is 15. The van der Waals surface area contributed by atoms with Crippen molar-refractivity contribution >= 4 is 21.2 Å². The molecule has 1 aromatic carbocycles. The molecule has 0 aromatic heterocycles. The van der Waals surface area contributed by atoms with Crippen LogP contribution in [0.3, 0.4) is 0 Å². The van der Waals surface area contributed by atoms with Crippen LogP contribution in [0, 0.1) is 0 Å². The molecule has 0 bridgehead atoms. The van der Waals surface area contributed by atoms with Gasteiger partial charge in [-0.2, -0.15) is 0 Å². The molecule has 0 amide bonds. The summed E-state index contributed by atoms with van der Waals surface area (Å²) >= 11 is 0. The molecule has 1 rings (SSSR count). The summed E-state index contributed by atoms with van der Waals surface area (Å²) in [5, 5.41) is 3.54. The molecule has 27 heavy (non-hydrogen) atoms. The van der Waals surface area contributed by atoms with Crippen molar-refractivity contribution in [3.05, 3.63) is 48.6 Å². The van der Waals surface area contributed by atoms with Gasteiger partial charge in [0, 0.05) is 25.4 Å². The maximum Gasteiger partial charge on any atom is 0.501 e. The Hall–Kier alpha value is -0.733. The SMILES string of the molecule is C=CC(NCCC[Si](OCC)(OCC)OC(C)CCN)c1ccccc1.Cl. The van der Waals surface area contributed by atoms with Crippen molar-refractivity contribution in [3.63, 3.8) is 0 Å². The quantitative estimate of drug-likeness (QED) is 0.256. The Balaban J connectivity index is 0.00000676. The monoisotopic (exact) mass is 416 g/mol. The average Bonchev–Trinajstić information content (AvgIpc) is 2.63. The highest BCUT2D eigenvalue weighted by Gasteiger charge is 2.41. The van der Waals surface area contributed by atoms with E-state index in [1.807, 2.05) is 45.0 Å². The van der Waals surface area contributed by atoms with E-state index in [2.05, 4.69) is 24.0 Å². The predicted octanol–water partition coefficient (Wildman–Crippen LogP) is 4.08. The number of halogens is 1. The van der Waals surface area contributed by atoms with E-state index in [9.17, 15) is 0 Å².